The molecule has 0 aliphatic heterocycles. The van der Waals surface area contributed by atoms with Crippen LogP contribution in [0.1, 0.15) is 46.5 Å². The van der Waals surface area contributed by atoms with Crippen LogP contribution in [0.25, 0.3) is 5.69 Å². The van der Waals surface area contributed by atoms with Crippen molar-refractivity contribution in [3.63, 3.8) is 0 Å². The van der Waals surface area contributed by atoms with Crippen molar-refractivity contribution in [3.05, 3.63) is 65.0 Å². The van der Waals surface area contributed by atoms with Gasteiger partial charge in [-0.2, -0.15) is 18.3 Å². The molecular formula is C19H14F5N5O. The van der Waals surface area contributed by atoms with Gasteiger partial charge in [-0.15, -0.1) is 0 Å². The number of aromatic nitrogens is 4. The maximum absolute atomic E-state index is 14.7. The average Bonchev–Trinajstić information content (AvgIpc) is 3.39. The van der Waals surface area contributed by atoms with E-state index in [-0.39, 0.29) is 23.1 Å². The molecule has 1 saturated carbocycles. The first-order chi connectivity index (χ1) is 14.1. The molecular weight excluding hydrogens is 409 g/mol. The van der Waals surface area contributed by atoms with Crippen molar-refractivity contribution in [1.29, 1.82) is 0 Å². The van der Waals surface area contributed by atoms with Gasteiger partial charge in [-0.3, -0.25) is 4.79 Å². The fraction of sp³-hybridized carbons (Fsp3) is 0.263. The third kappa shape index (κ3) is 3.87. The second-order valence-corrected chi connectivity index (χ2v) is 6.90. The van der Waals surface area contributed by atoms with E-state index in [0.29, 0.717) is 23.2 Å². The number of anilines is 1. The van der Waals surface area contributed by atoms with Crippen LogP contribution in [0.4, 0.5) is 27.6 Å². The van der Waals surface area contributed by atoms with Crippen molar-refractivity contribution in [2.45, 2.75) is 31.9 Å². The number of rotatable bonds is 4. The summed E-state index contributed by atoms with van der Waals surface area (Å²) in [6.45, 7) is 1.64. The van der Waals surface area contributed by atoms with Gasteiger partial charge in [-0.25, -0.2) is 23.4 Å². The first-order valence-corrected chi connectivity index (χ1v) is 8.91. The Kier molecular flexibility index (Phi) is 4.75. The number of alkyl halides is 3. The summed E-state index contributed by atoms with van der Waals surface area (Å²) in [5.74, 6) is -3.58. The Hall–Kier alpha value is -3.37. The van der Waals surface area contributed by atoms with Crippen LogP contribution in [0, 0.1) is 18.6 Å². The Labute approximate surface area is 166 Å². The molecule has 0 saturated heterocycles. The normalized spacial score (nSPS) is 14.1. The van der Waals surface area contributed by atoms with E-state index in [1.165, 1.54) is 6.20 Å². The molecule has 2 heterocycles. The van der Waals surface area contributed by atoms with E-state index in [9.17, 15) is 26.7 Å². The molecule has 0 spiro atoms. The lowest BCUT2D eigenvalue weighted by Crippen LogP contribution is -2.17. The summed E-state index contributed by atoms with van der Waals surface area (Å²) in [5, 5.41) is 5.66. The van der Waals surface area contributed by atoms with Crippen molar-refractivity contribution < 1.29 is 26.7 Å². The van der Waals surface area contributed by atoms with Crippen LogP contribution in [0.15, 0.2) is 30.5 Å². The Morgan fingerprint density at radius 1 is 1.17 bits per heavy atom. The molecule has 1 aliphatic rings. The number of aryl methyl sites for hydroxylation is 1. The van der Waals surface area contributed by atoms with E-state index in [0.717, 1.165) is 18.2 Å². The van der Waals surface area contributed by atoms with Crippen molar-refractivity contribution in [3.8, 4) is 5.69 Å². The third-order valence-electron chi connectivity index (χ3n) is 4.51. The minimum atomic E-state index is -4.75. The average molecular weight is 423 g/mol. The highest BCUT2D eigenvalue weighted by molar-refractivity contribution is 6.01. The fourth-order valence-electron chi connectivity index (χ4n) is 2.97. The summed E-state index contributed by atoms with van der Waals surface area (Å²) in [7, 11) is 0. The number of benzene rings is 1. The maximum Gasteiger partial charge on any atom is 0.435 e. The van der Waals surface area contributed by atoms with Crippen LogP contribution < -0.4 is 5.32 Å². The standard InChI is InChI=1S/C19H14F5N5O/c1-9-4-5-25-17(26-9)18(30)27-11-6-12(20)16(13(21)7-11)29-14(10-2-3-10)8-15(28-29)19(22,23)24/h4-8,10H,2-3H2,1H3,(H,27,30). The third-order valence-corrected chi connectivity index (χ3v) is 4.51. The molecule has 156 valence electrons. The maximum atomic E-state index is 14.7. The number of carbonyl (C=O) groups is 1. The highest BCUT2D eigenvalue weighted by atomic mass is 19.4. The number of nitrogens with zero attached hydrogens (tertiary/aromatic N) is 4. The summed E-state index contributed by atoms with van der Waals surface area (Å²) >= 11 is 0. The molecule has 11 heteroatoms. The molecule has 0 radical (unpaired) electrons. The van der Waals surface area contributed by atoms with Gasteiger partial charge in [0.15, 0.2) is 17.3 Å². The van der Waals surface area contributed by atoms with Gasteiger partial charge in [-0.05, 0) is 44.0 Å². The molecule has 0 unspecified atom stereocenters. The molecule has 30 heavy (non-hydrogen) atoms. The van der Waals surface area contributed by atoms with E-state index in [1.807, 2.05) is 0 Å². The second-order valence-electron chi connectivity index (χ2n) is 6.90. The lowest BCUT2D eigenvalue weighted by molar-refractivity contribution is -0.141. The van der Waals surface area contributed by atoms with Gasteiger partial charge in [0.25, 0.3) is 5.91 Å². The number of carbonyl (C=O) groups excluding carboxylic acids is 1. The van der Waals surface area contributed by atoms with Crippen LogP contribution in [0.3, 0.4) is 0 Å². The SMILES string of the molecule is Cc1ccnc(C(=O)Nc2cc(F)c(-n3nc(C(F)(F)F)cc3C3CC3)c(F)c2)n1. The van der Waals surface area contributed by atoms with Crippen molar-refractivity contribution >= 4 is 11.6 Å². The lowest BCUT2D eigenvalue weighted by atomic mass is 10.2. The Bertz CT molecular complexity index is 1110. The molecule has 0 atom stereocenters. The highest BCUT2D eigenvalue weighted by Crippen LogP contribution is 2.43. The first-order valence-electron chi connectivity index (χ1n) is 8.91. The fourth-order valence-corrected chi connectivity index (χ4v) is 2.97. The molecule has 1 N–H and O–H groups in total. The number of hydrogen-bond acceptors (Lipinski definition) is 4. The zero-order valence-corrected chi connectivity index (χ0v) is 15.5. The minimum absolute atomic E-state index is 0.0880. The van der Waals surface area contributed by atoms with E-state index in [4.69, 9.17) is 0 Å². The van der Waals surface area contributed by atoms with E-state index >= 15 is 0 Å². The Morgan fingerprint density at radius 3 is 2.40 bits per heavy atom. The van der Waals surface area contributed by atoms with Gasteiger partial charge in [0, 0.05) is 29.2 Å². The summed E-state index contributed by atoms with van der Waals surface area (Å²) in [6, 6.07) is 3.98. The largest absolute Gasteiger partial charge is 0.435 e. The van der Waals surface area contributed by atoms with Crippen molar-refractivity contribution in [2.24, 2.45) is 0 Å². The molecule has 4 rings (SSSR count). The van der Waals surface area contributed by atoms with Crippen LogP contribution in [0.2, 0.25) is 0 Å². The highest BCUT2D eigenvalue weighted by Gasteiger charge is 2.39. The van der Waals surface area contributed by atoms with E-state index in [2.05, 4.69) is 20.4 Å². The van der Waals surface area contributed by atoms with Crippen LogP contribution in [-0.4, -0.2) is 25.7 Å². The zero-order chi connectivity index (χ0) is 21.6. The molecule has 6 nitrogen and oxygen atoms in total. The van der Waals surface area contributed by atoms with Gasteiger partial charge >= 0.3 is 6.18 Å². The molecule has 1 aromatic carbocycles. The molecule has 0 bridgehead atoms. The van der Waals surface area contributed by atoms with Gasteiger partial charge in [-0.1, -0.05) is 0 Å². The van der Waals surface area contributed by atoms with Gasteiger partial charge in [0.2, 0.25) is 5.82 Å². The zero-order valence-electron chi connectivity index (χ0n) is 15.5. The quantitative estimate of drug-likeness (QED) is 0.632. The Morgan fingerprint density at radius 2 is 1.83 bits per heavy atom. The second kappa shape index (κ2) is 7.15. The smallest absolute Gasteiger partial charge is 0.319 e. The molecule has 3 aromatic rings. The predicted octanol–water partition coefficient (Wildman–Crippen LogP) is 4.40. The molecule has 1 fully saturated rings. The van der Waals surface area contributed by atoms with Crippen LogP contribution in [-0.2, 0) is 6.18 Å². The van der Waals surface area contributed by atoms with Crippen LogP contribution in [0.5, 0.6) is 0 Å². The topological polar surface area (TPSA) is 72.7 Å². The molecule has 1 aliphatic carbocycles. The summed E-state index contributed by atoms with van der Waals surface area (Å²) < 4.78 is 69.3. The first kappa shape index (κ1) is 19.9. The van der Waals surface area contributed by atoms with E-state index < -0.39 is 35.1 Å². The molecule has 1 amide bonds. The van der Waals surface area contributed by atoms with Gasteiger partial charge in [0.1, 0.15) is 5.69 Å². The van der Waals surface area contributed by atoms with Crippen LogP contribution >= 0.6 is 0 Å². The van der Waals surface area contributed by atoms with Gasteiger partial charge in [0.05, 0.1) is 0 Å². The van der Waals surface area contributed by atoms with Crippen molar-refractivity contribution in [1.82, 2.24) is 19.7 Å². The molecule has 2 aromatic heterocycles. The monoisotopic (exact) mass is 423 g/mol. The predicted molar refractivity (Wildman–Crippen MR) is 95.2 cm³/mol. The number of halogens is 5. The van der Waals surface area contributed by atoms with Crippen molar-refractivity contribution in [2.75, 3.05) is 5.32 Å². The lowest BCUT2D eigenvalue weighted by Gasteiger charge is -2.12. The Balaban J connectivity index is 1.69. The number of amides is 1. The number of nitrogens with one attached hydrogen (secondary N) is 1. The minimum Gasteiger partial charge on any atom is -0.319 e. The summed E-state index contributed by atoms with van der Waals surface area (Å²) in [4.78, 5) is 19.9. The number of hydrogen-bond donors (Lipinski definition) is 1. The summed E-state index contributed by atoms with van der Waals surface area (Å²) in [6.07, 6.45) is -2.17. The summed E-state index contributed by atoms with van der Waals surface area (Å²) in [5.41, 5.74) is -1.59. The van der Waals surface area contributed by atoms with E-state index in [1.54, 1.807) is 13.0 Å². The van der Waals surface area contributed by atoms with Gasteiger partial charge < -0.3 is 5.32 Å².